The second kappa shape index (κ2) is 7.66. The Balaban J connectivity index is 1.73. The van der Waals surface area contributed by atoms with Crippen LogP contribution in [0, 0.1) is 0 Å². The smallest absolute Gasteiger partial charge is 0.197 e. The quantitative estimate of drug-likeness (QED) is 0.440. The summed E-state index contributed by atoms with van der Waals surface area (Å²) in [5.74, 6) is 1.62. The van der Waals surface area contributed by atoms with Crippen LogP contribution in [0.15, 0.2) is 46.8 Å². The van der Waals surface area contributed by atoms with Gasteiger partial charge in [0, 0.05) is 22.4 Å². The first-order valence-corrected chi connectivity index (χ1v) is 10.4. The third-order valence-electron chi connectivity index (χ3n) is 4.24. The summed E-state index contributed by atoms with van der Waals surface area (Å²) in [4.78, 5) is 11.2. The molecule has 8 heteroatoms. The predicted molar refractivity (Wildman–Crippen MR) is 109 cm³/mol. The van der Waals surface area contributed by atoms with E-state index in [1.807, 2.05) is 24.3 Å². The lowest BCUT2D eigenvalue weighted by atomic mass is 10.2. The normalized spacial score (nSPS) is 11.2. The Kier molecular flexibility index (Phi) is 5.09. The van der Waals surface area contributed by atoms with E-state index in [-0.39, 0.29) is 0 Å². The van der Waals surface area contributed by atoms with E-state index < -0.39 is 0 Å². The van der Waals surface area contributed by atoms with E-state index >= 15 is 0 Å². The van der Waals surface area contributed by atoms with Crippen LogP contribution < -0.4 is 4.74 Å². The molecule has 0 saturated carbocycles. The van der Waals surface area contributed by atoms with Crippen molar-refractivity contribution in [3.8, 4) is 17.1 Å². The van der Waals surface area contributed by atoms with Gasteiger partial charge in [0.05, 0.1) is 7.11 Å². The van der Waals surface area contributed by atoms with E-state index in [2.05, 4.69) is 44.6 Å². The highest BCUT2D eigenvalue weighted by Gasteiger charge is 2.17. The maximum atomic E-state index is 5.33. The summed E-state index contributed by atoms with van der Waals surface area (Å²) in [6.07, 6.45) is 2.62. The summed E-state index contributed by atoms with van der Waals surface area (Å²) in [5, 5.41) is 11.7. The number of nitrogens with zero attached hydrogens (tertiary/aromatic N) is 5. The van der Waals surface area contributed by atoms with Crippen molar-refractivity contribution in [2.75, 3.05) is 7.11 Å². The SMILES string of the molecule is CCc1cc2c(Sc3nnc(-c4cccc(OC)c4)n3CC)ncnc2s1. The molecular weight excluding hydrogens is 378 g/mol. The molecule has 0 aliphatic heterocycles. The highest BCUT2D eigenvalue weighted by molar-refractivity contribution is 7.99. The molecule has 4 rings (SSSR count). The number of benzene rings is 1. The first kappa shape index (κ1) is 17.9. The summed E-state index contributed by atoms with van der Waals surface area (Å²) < 4.78 is 7.43. The van der Waals surface area contributed by atoms with Crippen molar-refractivity contribution in [3.63, 3.8) is 0 Å². The average molecular weight is 398 g/mol. The molecule has 0 spiro atoms. The largest absolute Gasteiger partial charge is 0.497 e. The van der Waals surface area contributed by atoms with Gasteiger partial charge >= 0.3 is 0 Å². The molecule has 6 nitrogen and oxygen atoms in total. The van der Waals surface area contributed by atoms with Crippen LogP contribution in [0.2, 0.25) is 0 Å². The lowest BCUT2D eigenvalue weighted by molar-refractivity contribution is 0.415. The molecule has 138 valence electrons. The fraction of sp³-hybridized carbons (Fsp3) is 0.263. The van der Waals surface area contributed by atoms with Crippen molar-refractivity contribution in [1.29, 1.82) is 0 Å². The first-order valence-electron chi connectivity index (χ1n) is 8.72. The number of aromatic nitrogens is 5. The summed E-state index contributed by atoms with van der Waals surface area (Å²) in [6, 6.07) is 10.0. The Morgan fingerprint density at radius 3 is 2.81 bits per heavy atom. The van der Waals surface area contributed by atoms with Gasteiger partial charge in [0.15, 0.2) is 11.0 Å². The number of aryl methyl sites for hydroxylation is 1. The van der Waals surface area contributed by atoms with Gasteiger partial charge < -0.3 is 9.30 Å². The van der Waals surface area contributed by atoms with Gasteiger partial charge in [-0.3, -0.25) is 0 Å². The molecule has 0 radical (unpaired) electrons. The summed E-state index contributed by atoms with van der Waals surface area (Å²) in [6.45, 7) is 5.01. The Morgan fingerprint density at radius 1 is 1.15 bits per heavy atom. The van der Waals surface area contributed by atoms with Gasteiger partial charge in [0.25, 0.3) is 0 Å². The highest BCUT2D eigenvalue weighted by Crippen LogP contribution is 2.35. The van der Waals surface area contributed by atoms with E-state index in [0.29, 0.717) is 0 Å². The number of rotatable bonds is 6. The topological polar surface area (TPSA) is 65.7 Å². The van der Waals surface area contributed by atoms with Crippen LogP contribution in [0.5, 0.6) is 5.75 Å². The second-order valence-corrected chi connectivity index (χ2v) is 7.92. The zero-order chi connectivity index (χ0) is 18.8. The van der Waals surface area contributed by atoms with Gasteiger partial charge in [-0.15, -0.1) is 21.5 Å². The van der Waals surface area contributed by atoms with Crippen LogP contribution in [-0.4, -0.2) is 31.8 Å². The predicted octanol–water partition coefficient (Wildman–Crippen LogP) is 4.69. The maximum Gasteiger partial charge on any atom is 0.197 e. The third kappa shape index (κ3) is 3.42. The van der Waals surface area contributed by atoms with Crippen LogP contribution in [0.25, 0.3) is 21.6 Å². The van der Waals surface area contributed by atoms with Crippen LogP contribution in [0.1, 0.15) is 18.7 Å². The minimum absolute atomic E-state index is 0.764. The fourth-order valence-corrected chi connectivity index (χ4v) is 4.80. The molecule has 0 amide bonds. The van der Waals surface area contributed by atoms with Crippen LogP contribution in [-0.2, 0) is 13.0 Å². The Labute approximate surface area is 165 Å². The van der Waals surface area contributed by atoms with E-state index in [4.69, 9.17) is 4.74 Å². The maximum absolute atomic E-state index is 5.33. The summed E-state index contributed by atoms with van der Waals surface area (Å²) >= 11 is 3.25. The minimum atomic E-state index is 0.764. The fourth-order valence-electron chi connectivity index (χ4n) is 2.85. The standard InChI is InChI=1S/C19H19N5OS2/c1-4-14-10-15-17(26-14)20-11-21-18(15)27-19-23-22-16(24(19)5-2)12-7-6-8-13(9-12)25-3/h6-11H,4-5H2,1-3H3. The van der Waals surface area contributed by atoms with Gasteiger partial charge in [-0.2, -0.15) is 0 Å². The zero-order valence-electron chi connectivity index (χ0n) is 15.3. The molecule has 0 bridgehead atoms. The van der Waals surface area contributed by atoms with E-state index in [1.54, 1.807) is 24.8 Å². The van der Waals surface area contributed by atoms with Gasteiger partial charge in [-0.05, 0) is 43.3 Å². The van der Waals surface area contributed by atoms with E-state index in [0.717, 1.165) is 50.5 Å². The Morgan fingerprint density at radius 2 is 2.04 bits per heavy atom. The lowest BCUT2D eigenvalue weighted by Gasteiger charge is -2.08. The summed E-state index contributed by atoms with van der Waals surface area (Å²) in [5.41, 5.74) is 0.979. The van der Waals surface area contributed by atoms with E-state index in [1.165, 1.54) is 16.6 Å². The van der Waals surface area contributed by atoms with Gasteiger partial charge in [0.2, 0.25) is 0 Å². The molecule has 0 N–H and O–H groups in total. The Hall–Kier alpha value is -2.45. The molecule has 0 unspecified atom stereocenters. The van der Waals surface area contributed by atoms with Crippen LogP contribution >= 0.6 is 23.1 Å². The second-order valence-electron chi connectivity index (χ2n) is 5.85. The number of hydrogen-bond acceptors (Lipinski definition) is 7. The molecule has 0 atom stereocenters. The minimum Gasteiger partial charge on any atom is -0.497 e. The molecule has 3 aromatic heterocycles. The molecule has 0 saturated heterocycles. The van der Waals surface area contributed by atoms with Crippen LogP contribution in [0.3, 0.4) is 0 Å². The van der Waals surface area contributed by atoms with Crippen molar-refractivity contribution in [3.05, 3.63) is 41.5 Å². The molecule has 27 heavy (non-hydrogen) atoms. The number of ether oxygens (including phenoxy) is 1. The van der Waals surface area contributed by atoms with Gasteiger partial charge in [-0.25, -0.2) is 9.97 Å². The number of hydrogen-bond donors (Lipinski definition) is 0. The Bertz CT molecular complexity index is 1090. The molecule has 0 aliphatic carbocycles. The molecule has 4 aromatic rings. The summed E-state index contributed by atoms with van der Waals surface area (Å²) in [7, 11) is 1.66. The first-order chi connectivity index (χ1) is 13.2. The zero-order valence-corrected chi connectivity index (χ0v) is 17.0. The molecule has 3 heterocycles. The van der Waals surface area contributed by atoms with Gasteiger partial charge in [0.1, 0.15) is 21.9 Å². The number of fused-ring (bicyclic) bond motifs is 1. The molecule has 0 aliphatic rings. The monoisotopic (exact) mass is 397 g/mol. The van der Waals surface area contributed by atoms with E-state index in [9.17, 15) is 0 Å². The van der Waals surface area contributed by atoms with Crippen molar-refractivity contribution in [2.45, 2.75) is 37.0 Å². The molecular formula is C19H19N5OS2. The van der Waals surface area contributed by atoms with Crippen molar-refractivity contribution in [1.82, 2.24) is 24.7 Å². The van der Waals surface area contributed by atoms with Crippen molar-refractivity contribution >= 4 is 33.3 Å². The van der Waals surface area contributed by atoms with Crippen LogP contribution in [0.4, 0.5) is 0 Å². The lowest BCUT2D eigenvalue weighted by Crippen LogP contribution is -2.00. The average Bonchev–Trinajstić information content (AvgIpc) is 3.32. The highest BCUT2D eigenvalue weighted by atomic mass is 32.2. The van der Waals surface area contributed by atoms with Gasteiger partial charge in [-0.1, -0.05) is 19.1 Å². The number of methoxy groups -OCH3 is 1. The third-order valence-corrected chi connectivity index (χ3v) is 6.43. The number of thiophene rings is 1. The van der Waals surface area contributed by atoms with Crippen molar-refractivity contribution in [2.24, 2.45) is 0 Å². The van der Waals surface area contributed by atoms with Crippen molar-refractivity contribution < 1.29 is 4.74 Å². The molecule has 0 fully saturated rings. The molecule has 1 aromatic carbocycles.